The predicted octanol–water partition coefficient (Wildman–Crippen LogP) is 4.56. The van der Waals surface area contributed by atoms with Crippen LogP contribution in [0, 0.1) is 13.8 Å². The van der Waals surface area contributed by atoms with Crippen LogP contribution in [0.4, 0.5) is 5.69 Å². The molecule has 0 aliphatic carbocycles. The van der Waals surface area contributed by atoms with Crippen molar-refractivity contribution >= 4 is 16.6 Å². The first kappa shape index (κ1) is 12.7. The van der Waals surface area contributed by atoms with Gasteiger partial charge in [0, 0.05) is 23.7 Å². The minimum Gasteiger partial charge on any atom is -0.388 e. The quantitative estimate of drug-likeness (QED) is 0.732. The van der Waals surface area contributed by atoms with Gasteiger partial charge in [-0.2, -0.15) is 0 Å². The van der Waals surface area contributed by atoms with Gasteiger partial charge in [-0.1, -0.05) is 42.0 Å². The molecule has 0 bridgehead atoms. The molecule has 100 valence electrons. The largest absolute Gasteiger partial charge is 0.388 e. The molecule has 20 heavy (non-hydrogen) atoms. The minimum absolute atomic E-state index is 1.01. The number of nitrogens with one attached hydrogen (secondary N) is 1. The Morgan fingerprint density at radius 1 is 0.950 bits per heavy atom. The van der Waals surface area contributed by atoms with E-state index in [9.17, 15) is 0 Å². The molecule has 0 saturated carbocycles. The molecule has 0 amide bonds. The van der Waals surface area contributed by atoms with Gasteiger partial charge >= 0.3 is 0 Å². The highest BCUT2D eigenvalue weighted by atomic mass is 14.8. The number of hydrogen-bond acceptors (Lipinski definition) is 2. The van der Waals surface area contributed by atoms with Crippen LogP contribution in [0.5, 0.6) is 0 Å². The smallest absolute Gasteiger partial charge is 0.0759 e. The lowest BCUT2D eigenvalue weighted by molar-refractivity contribution is 1.33. The van der Waals surface area contributed by atoms with E-state index in [1.54, 1.807) is 0 Å². The average Bonchev–Trinajstić information content (AvgIpc) is 2.47. The molecule has 1 N–H and O–H groups in total. The van der Waals surface area contributed by atoms with Crippen molar-refractivity contribution in [3.63, 3.8) is 0 Å². The molecule has 0 saturated heterocycles. The Hall–Kier alpha value is -2.35. The second kappa shape index (κ2) is 4.97. The van der Waals surface area contributed by atoms with E-state index in [1.807, 2.05) is 25.2 Å². The minimum atomic E-state index is 1.01. The normalized spacial score (nSPS) is 10.8. The molecule has 1 aromatic heterocycles. The number of fused-ring (bicyclic) bond motifs is 1. The van der Waals surface area contributed by atoms with Gasteiger partial charge in [0.2, 0.25) is 0 Å². The summed E-state index contributed by atoms with van der Waals surface area (Å²) in [6, 6.07) is 16.8. The molecule has 0 aliphatic rings. The monoisotopic (exact) mass is 262 g/mol. The van der Waals surface area contributed by atoms with Crippen molar-refractivity contribution in [1.82, 2.24) is 4.98 Å². The summed E-state index contributed by atoms with van der Waals surface area (Å²) in [6.07, 6.45) is 0. The summed E-state index contributed by atoms with van der Waals surface area (Å²) in [5.41, 5.74) is 6.83. The Bertz CT molecular complexity index is 761. The van der Waals surface area contributed by atoms with Crippen LogP contribution in [-0.4, -0.2) is 12.0 Å². The average molecular weight is 262 g/mol. The van der Waals surface area contributed by atoms with Crippen LogP contribution < -0.4 is 5.32 Å². The molecule has 2 nitrogen and oxygen atoms in total. The molecular weight excluding hydrogens is 244 g/mol. The van der Waals surface area contributed by atoms with Crippen LogP contribution in [0.1, 0.15) is 11.1 Å². The molecule has 2 heteroatoms. The van der Waals surface area contributed by atoms with E-state index in [2.05, 4.69) is 49.5 Å². The van der Waals surface area contributed by atoms with Crippen molar-refractivity contribution in [3.05, 3.63) is 59.7 Å². The number of benzene rings is 2. The van der Waals surface area contributed by atoms with Crippen molar-refractivity contribution < 1.29 is 0 Å². The molecule has 0 unspecified atom stereocenters. The molecule has 0 fully saturated rings. The highest BCUT2D eigenvalue weighted by Gasteiger charge is 2.09. The van der Waals surface area contributed by atoms with Gasteiger partial charge in [0.1, 0.15) is 0 Å². The topological polar surface area (TPSA) is 24.9 Å². The van der Waals surface area contributed by atoms with Crippen molar-refractivity contribution in [1.29, 1.82) is 0 Å². The van der Waals surface area contributed by atoms with Crippen molar-refractivity contribution in [3.8, 4) is 11.3 Å². The zero-order chi connectivity index (χ0) is 14.1. The van der Waals surface area contributed by atoms with Gasteiger partial charge in [-0.25, -0.2) is 4.98 Å². The zero-order valence-corrected chi connectivity index (χ0v) is 12.1. The summed E-state index contributed by atoms with van der Waals surface area (Å²) < 4.78 is 0. The maximum atomic E-state index is 4.85. The summed E-state index contributed by atoms with van der Waals surface area (Å²) in [5, 5.41) is 4.48. The Morgan fingerprint density at radius 2 is 1.70 bits per heavy atom. The van der Waals surface area contributed by atoms with E-state index in [0.717, 1.165) is 22.5 Å². The van der Waals surface area contributed by atoms with E-state index >= 15 is 0 Å². The number of pyridine rings is 1. The van der Waals surface area contributed by atoms with E-state index < -0.39 is 0 Å². The SMILES string of the molecule is CNc1cc(-c2ccccc2)nc2c(C)cc(C)cc12. The predicted molar refractivity (Wildman–Crippen MR) is 86.2 cm³/mol. The molecule has 0 atom stereocenters. The Labute approximate surface area is 119 Å². The summed E-state index contributed by atoms with van der Waals surface area (Å²) in [5.74, 6) is 0. The Kier molecular flexibility index (Phi) is 3.15. The maximum Gasteiger partial charge on any atom is 0.0759 e. The first-order chi connectivity index (χ1) is 9.69. The first-order valence-corrected chi connectivity index (χ1v) is 6.84. The van der Waals surface area contributed by atoms with Crippen LogP contribution in [0.25, 0.3) is 22.2 Å². The van der Waals surface area contributed by atoms with Crippen molar-refractivity contribution in [2.75, 3.05) is 12.4 Å². The van der Waals surface area contributed by atoms with Crippen LogP contribution in [0.15, 0.2) is 48.5 Å². The number of aryl methyl sites for hydroxylation is 2. The van der Waals surface area contributed by atoms with Gasteiger partial charge in [0.25, 0.3) is 0 Å². The number of anilines is 1. The van der Waals surface area contributed by atoms with Gasteiger partial charge < -0.3 is 5.32 Å². The van der Waals surface area contributed by atoms with E-state index in [4.69, 9.17) is 4.98 Å². The lowest BCUT2D eigenvalue weighted by Gasteiger charge is -2.12. The van der Waals surface area contributed by atoms with E-state index in [-0.39, 0.29) is 0 Å². The van der Waals surface area contributed by atoms with Crippen LogP contribution >= 0.6 is 0 Å². The van der Waals surface area contributed by atoms with Gasteiger partial charge in [0.15, 0.2) is 0 Å². The third kappa shape index (κ3) is 2.14. The molecular formula is C18H18N2. The lowest BCUT2D eigenvalue weighted by Crippen LogP contribution is -1.96. The fourth-order valence-corrected chi connectivity index (χ4v) is 2.64. The second-order valence-corrected chi connectivity index (χ2v) is 5.15. The highest BCUT2D eigenvalue weighted by Crippen LogP contribution is 2.30. The fraction of sp³-hybridized carbons (Fsp3) is 0.167. The molecule has 0 aliphatic heterocycles. The summed E-state index contributed by atoms with van der Waals surface area (Å²) in [6.45, 7) is 4.24. The third-order valence-electron chi connectivity index (χ3n) is 3.59. The molecule has 2 aromatic carbocycles. The van der Waals surface area contributed by atoms with Crippen LogP contribution in [-0.2, 0) is 0 Å². The molecule has 3 rings (SSSR count). The lowest BCUT2D eigenvalue weighted by atomic mass is 10.0. The van der Waals surface area contributed by atoms with Gasteiger partial charge in [-0.15, -0.1) is 0 Å². The van der Waals surface area contributed by atoms with E-state index in [0.29, 0.717) is 0 Å². The first-order valence-electron chi connectivity index (χ1n) is 6.84. The van der Waals surface area contributed by atoms with Crippen molar-refractivity contribution in [2.45, 2.75) is 13.8 Å². The molecule has 0 radical (unpaired) electrons. The molecule has 0 spiro atoms. The van der Waals surface area contributed by atoms with Crippen LogP contribution in [0.3, 0.4) is 0 Å². The van der Waals surface area contributed by atoms with Gasteiger partial charge in [0.05, 0.1) is 11.2 Å². The van der Waals surface area contributed by atoms with Gasteiger partial charge in [-0.3, -0.25) is 0 Å². The Morgan fingerprint density at radius 3 is 2.40 bits per heavy atom. The molecule has 3 aromatic rings. The van der Waals surface area contributed by atoms with Crippen LogP contribution in [0.2, 0.25) is 0 Å². The van der Waals surface area contributed by atoms with Gasteiger partial charge in [-0.05, 0) is 31.5 Å². The maximum absolute atomic E-state index is 4.85. The second-order valence-electron chi connectivity index (χ2n) is 5.15. The fourth-order valence-electron chi connectivity index (χ4n) is 2.64. The number of nitrogens with zero attached hydrogens (tertiary/aromatic N) is 1. The third-order valence-corrected chi connectivity index (χ3v) is 3.59. The summed E-state index contributed by atoms with van der Waals surface area (Å²) >= 11 is 0. The summed E-state index contributed by atoms with van der Waals surface area (Å²) in [7, 11) is 1.96. The molecule has 1 heterocycles. The number of hydrogen-bond donors (Lipinski definition) is 1. The standard InChI is InChI=1S/C18H18N2/c1-12-9-13(2)18-15(10-12)17(19-3)11-16(20-18)14-7-5-4-6-8-14/h4-11H,1-3H3,(H,19,20). The number of aromatic nitrogens is 1. The van der Waals surface area contributed by atoms with Crippen molar-refractivity contribution in [2.24, 2.45) is 0 Å². The summed E-state index contributed by atoms with van der Waals surface area (Å²) in [4.78, 5) is 4.85. The Balaban J connectivity index is 2.32. The van der Waals surface area contributed by atoms with E-state index in [1.165, 1.54) is 16.5 Å². The zero-order valence-electron chi connectivity index (χ0n) is 12.1. The number of rotatable bonds is 2. The highest BCUT2D eigenvalue weighted by molar-refractivity contribution is 5.95.